The summed E-state index contributed by atoms with van der Waals surface area (Å²) >= 11 is 2.32. The maximum absolute atomic E-state index is 12.4. The van der Waals surface area contributed by atoms with Crippen LogP contribution in [0.15, 0.2) is 53.9 Å². The van der Waals surface area contributed by atoms with Crippen molar-refractivity contribution in [3.8, 4) is 17.1 Å². The number of carbonyl (C=O) groups is 2. The molecule has 3 aromatic heterocycles. The third kappa shape index (κ3) is 4.39. The van der Waals surface area contributed by atoms with Gasteiger partial charge in [0.25, 0.3) is 0 Å². The number of anilines is 1. The first kappa shape index (κ1) is 23.5. The van der Waals surface area contributed by atoms with E-state index in [1.807, 2.05) is 47.9 Å². The summed E-state index contributed by atoms with van der Waals surface area (Å²) in [6.45, 7) is 2.00. The SMILES string of the molecule is COC(=O)c1sc(N)c(C(=O)OC)c1CSc1nnc(-c2cccnc2)n1-c1ccccc1C. The molecule has 0 aliphatic rings. The highest BCUT2D eigenvalue weighted by molar-refractivity contribution is 7.98. The summed E-state index contributed by atoms with van der Waals surface area (Å²) in [7, 11) is 2.55. The number of thiophene rings is 1. The molecule has 0 unspecified atom stereocenters. The number of ether oxygens (including phenoxy) is 2. The van der Waals surface area contributed by atoms with Crippen molar-refractivity contribution in [2.24, 2.45) is 0 Å². The number of hydrogen-bond donors (Lipinski definition) is 1. The monoisotopic (exact) mass is 495 g/mol. The molecule has 0 spiro atoms. The van der Waals surface area contributed by atoms with Crippen LogP contribution >= 0.6 is 23.1 Å². The zero-order valence-electron chi connectivity index (χ0n) is 18.6. The van der Waals surface area contributed by atoms with Crippen LogP contribution in [0.4, 0.5) is 5.00 Å². The lowest BCUT2D eigenvalue weighted by atomic mass is 10.1. The van der Waals surface area contributed by atoms with Crippen LogP contribution in [0, 0.1) is 6.92 Å². The van der Waals surface area contributed by atoms with E-state index >= 15 is 0 Å². The minimum Gasteiger partial charge on any atom is -0.465 e. The van der Waals surface area contributed by atoms with Crippen molar-refractivity contribution in [1.29, 1.82) is 0 Å². The van der Waals surface area contributed by atoms with Crippen LogP contribution in [-0.4, -0.2) is 45.9 Å². The summed E-state index contributed by atoms with van der Waals surface area (Å²) in [5, 5.41) is 9.59. The van der Waals surface area contributed by atoms with Gasteiger partial charge in [0.15, 0.2) is 11.0 Å². The second kappa shape index (κ2) is 10.1. The van der Waals surface area contributed by atoms with E-state index in [9.17, 15) is 9.59 Å². The molecule has 4 rings (SSSR count). The molecule has 0 atom stereocenters. The second-order valence-electron chi connectivity index (χ2n) is 7.09. The molecule has 3 heterocycles. The smallest absolute Gasteiger partial charge is 0.348 e. The predicted molar refractivity (Wildman–Crippen MR) is 130 cm³/mol. The molecule has 34 heavy (non-hydrogen) atoms. The zero-order valence-corrected chi connectivity index (χ0v) is 20.3. The molecule has 0 amide bonds. The van der Waals surface area contributed by atoms with Gasteiger partial charge in [-0.3, -0.25) is 9.55 Å². The molecular weight excluding hydrogens is 474 g/mol. The lowest BCUT2D eigenvalue weighted by Crippen LogP contribution is -2.09. The Morgan fingerprint density at radius 1 is 1.09 bits per heavy atom. The Labute approximate surface area is 203 Å². The minimum absolute atomic E-state index is 0.162. The highest BCUT2D eigenvalue weighted by Gasteiger charge is 2.28. The minimum atomic E-state index is -0.615. The van der Waals surface area contributed by atoms with Gasteiger partial charge in [-0.1, -0.05) is 30.0 Å². The first-order valence-corrected chi connectivity index (χ1v) is 11.9. The Bertz CT molecular complexity index is 1350. The first-order valence-electron chi connectivity index (χ1n) is 10.1. The number of nitrogens with zero attached hydrogens (tertiary/aromatic N) is 4. The largest absolute Gasteiger partial charge is 0.465 e. The van der Waals surface area contributed by atoms with Gasteiger partial charge >= 0.3 is 11.9 Å². The van der Waals surface area contributed by atoms with Crippen molar-refractivity contribution in [2.45, 2.75) is 17.8 Å². The van der Waals surface area contributed by atoms with E-state index in [1.165, 1.54) is 26.0 Å². The molecule has 4 aromatic rings. The van der Waals surface area contributed by atoms with E-state index in [2.05, 4.69) is 15.2 Å². The van der Waals surface area contributed by atoms with Gasteiger partial charge in [0.1, 0.15) is 9.88 Å². The van der Waals surface area contributed by atoms with E-state index in [0.29, 0.717) is 16.5 Å². The van der Waals surface area contributed by atoms with Crippen LogP contribution in [0.1, 0.15) is 31.2 Å². The molecule has 0 fully saturated rings. The van der Waals surface area contributed by atoms with Crippen LogP contribution in [0.3, 0.4) is 0 Å². The van der Waals surface area contributed by atoms with Gasteiger partial charge in [0.05, 0.1) is 25.5 Å². The fourth-order valence-electron chi connectivity index (χ4n) is 3.42. The standard InChI is InChI=1S/C23H21N5O4S2/c1-13-7-4-5-9-16(13)28-20(14-8-6-10-25-11-14)26-27-23(28)33-12-15-17(21(29)31-2)19(24)34-18(15)22(30)32-3/h4-11H,12,24H2,1-3H3. The normalized spacial score (nSPS) is 10.8. The molecule has 0 aliphatic carbocycles. The number of nitrogen functional groups attached to an aromatic ring is 1. The summed E-state index contributed by atoms with van der Waals surface area (Å²) < 4.78 is 11.7. The number of benzene rings is 1. The number of aromatic nitrogens is 4. The summed E-state index contributed by atoms with van der Waals surface area (Å²) in [5.41, 5.74) is 9.39. The summed E-state index contributed by atoms with van der Waals surface area (Å²) in [4.78, 5) is 29.2. The fourth-order valence-corrected chi connectivity index (χ4v) is 5.48. The lowest BCUT2D eigenvalue weighted by Gasteiger charge is -2.13. The number of methoxy groups -OCH3 is 2. The van der Waals surface area contributed by atoms with Gasteiger partial charge in [0, 0.05) is 29.3 Å². The molecule has 0 saturated carbocycles. The van der Waals surface area contributed by atoms with Crippen LogP contribution < -0.4 is 5.73 Å². The second-order valence-corrected chi connectivity index (χ2v) is 9.09. The number of hydrogen-bond acceptors (Lipinski definition) is 10. The van der Waals surface area contributed by atoms with E-state index in [0.717, 1.165) is 28.2 Å². The van der Waals surface area contributed by atoms with Crippen LogP contribution in [0.25, 0.3) is 17.1 Å². The third-order valence-electron chi connectivity index (χ3n) is 5.05. The number of carbonyl (C=O) groups excluding carboxylic acids is 2. The Kier molecular flexibility index (Phi) is 6.94. The average molecular weight is 496 g/mol. The van der Waals surface area contributed by atoms with E-state index < -0.39 is 11.9 Å². The topological polar surface area (TPSA) is 122 Å². The van der Waals surface area contributed by atoms with Crippen molar-refractivity contribution >= 4 is 40.0 Å². The van der Waals surface area contributed by atoms with Crippen LogP contribution in [0.2, 0.25) is 0 Å². The summed E-state index contributed by atoms with van der Waals surface area (Å²) in [6, 6.07) is 11.6. The molecule has 174 valence electrons. The van der Waals surface area contributed by atoms with Crippen LogP contribution in [-0.2, 0) is 15.2 Å². The predicted octanol–water partition coefficient (Wildman–Crippen LogP) is 4.15. The Hall–Kier alpha value is -3.70. The number of nitrogens with two attached hydrogens (primary N) is 1. The van der Waals surface area contributed by atoms with Gasteiger partial charge in [-0.25, -0.2) is 9.59 Å². The number of thioether (sulfide) groups is 1. The van der Waals surface area contributed by atoms with Crippen molar-refractivity contribution in [2.75, 3.05) is 20.0 Å². The number of aryl methyl sites for hydroxylation is 1. The quantitative estimate of drug-likeness (QED) is 0.297. The van der Waals surface area contributed by atoms with Crippen LogP contribution in [0.5, 0.6) is 0 Å². The number of esters is 2. The molecule has 0 radical (unpaired) electrons. The Balaban J connectivity index is 1.80. The molecule has 1 aromatic carbocycles. The molecule has 11 heteroatoms. The third-order valence-corrected chi connectivity index (χ3v) is 7.05. The average Bonchev–Trinajstić information content (AvgIpc) is 3.43. The fraction of sp³-hybridized carbons (Fsp3) is 0.174. The van der Waals surface area contributed by atoms with Gasteiger partial charge in [0.2, 0.25) is 0 Å². The first-order chi connectivity index (χ1) is 16.5. The molecule has 0 aliphatic heterocycles. The summed E-state index contributed by atoms with van der Waals surface area (Å²) in [5.74, 6) is -0.342. The summed E-state index contributed by atoms with van der Waals surface area (Å²) in [6.07, 6.45) is 3.41. The van der Waals surface area contributed by atoms with Gasteiger partial charge < -0.3 is 15.2 Å². The van der Waals surface area contributed by atoms with Gasteiger partial charge in [-0.15, -0.1) is 21.5 Å². The lowest BCUT2D eigenvalue weighted by molar-refractivity contribution is 0.0601. The van der Waals surface area contributed by atoms with Crippen molar-refractivity contribution in [3.05, 3.63) is 70.4 Å². The molecular formula is C23H21N5O4S2. The highest BCUT2D eigenvalue weighted by Crippen LogP contribution is 2.37. The molecule has 9 nitrogen and oxygen atoms in total. The van der Waals surface area contributed by atoms with Crippen molar-refractivity contribution < 1.29 is 19.1 Å². The highest BCUT2D eigenvalue weighted by atomic mass is 32.2. The Morgan fingerprint density at radius 2 is 1.85 bits per heavy atom. The van der Waals surface area contributed by atoms with Gasteiger partial charge in [-0.2, -0.15) is 0 Å². The van der Waals surface area contributed by atoms with E-state index in [1.54, 1.807) is 12.4 Å². The number of para-hydroxylation sites is 1. The molecule has 2 N–H and O–H groups in total. The van der Waals surface area contributed by atoms with Crippen molar-refractivity contribution in [1.82, 2.24) is 19.7 Å². The zero-order chi connectivity index (χ0) is 24.2. The molecule has 0 bridgehead atoms. The number of pyridine rings is 1. The van der Waals surface area contributed by atoms with E-state index in [4.69, 9.17) is 15.2 Å². The van der Waals surface area contributed by atoms with Gasteiger partial charge in [-0.05, 0) is 30.7 Å². The molecule has 0 saturated heterocycles. The maximum Gasteiger partial charge on any atom is 0.348 e. The number of rotatable bonds is 7. The van der Waals surface area contributed by atoms with Crippen molar-refractivity contribution in [3.63, 3.8) is 0 Å². The maximum atomic E-state index is 12.4. The Morgan fingerprint density at radius 3 is 2.53 bits per heavy atom. The van der Waals surface area contributed by atoms with E-state index in [-0.39, 0.29) is 21.2 Å².